The molecular weight excluding hydrogens is 460 g/mol. The molecule has 0 aliphatic carbocycles. The number of amides is 4. The van der Waals surface area contributed by atoms with E-state index in [-0.39, 0.29) is 17.8 Å². The van der Waals surface area contributed by atoms with Crippen LogP contribution in [0.15, 0.2) is 90.6 Å². The fraction of sp³-hybridized carbons (Fsp3) is 0.0741. The maximum atomic E-state index is 13.2. The van der Waals surface area contributed by atoms with Crippen LogP contribution in [0, 0.1) is 10.1 Å². The van der Waals surface area contributed by atoms with E-state index in [1.165, 1.54) is 18.2 Å². The van der Waals surface area contributed by atoms with Crippen LogP contribution in [0.5, 0.6) is 0 Å². The lowest BCUT2D eigenvalue weighted by Gasteiger charge is -2.26. The summed E-state index contributed by atoms with van der Waals surface area (Å²) in [6, 6.07) is 22.1. The second-order valence-corrected chi connectivity index (χ2v) is 8.35. The van der Waals surface area contributed by atoms with Crippen LogP contribution in [0.3, 0.4) is 0 Å². The molecule has 3 aromatic carbocycles. The van der Waals surface area contributed by atoms with E-state index in [2.05, 4.69) is 5.32 Å². The standard InChI is InChI=1S/C27H20N4O5/c32-25-23(26(33)30(27(34)28-25)16-18-6-2-1-3-7-18)14-20-17-29(24-9-5-4-8-22(20)24)15-19-10-12-21(13-11-19)31(35)36/h1-14,17H,15-16H2,(H,28,32,34)/b23-14+. The number of urea groups is 1. The van der Waals surface area contributed by atoms with Crippen LogP contribution in [0.1, 0.15) is 16.7 Å². The molecule has 0 unspecified atom stereocenters. The largest absolute Gasteiger partial charge is 0.342 e. The highest BCUT2D eigenvalue weighted by molar-refractivity contribution is 6.31. The Kier molecular flexibility index (Phi) is 5.87. The lowest BCUT2D eigenvalue weighted by molar-refractivity contribution is -0.384. The molecule has 1 aliphatic rings. The topological polar surface area (TPSA) is 115 Å². The Morgan fingerprint density at radius 1 is 0.833 bits per heavy atom. The maximum absolute atomic E-state index is 13.2. The van der Waals surface area contributed by atoms with Crippen molar-refractivity contribution in [2.24, 2.45) is 0 Å². The Morgan fingerprint density at radius 3 is 2.22 bits per heavy atom. The Balaban J connectivity index is 1.49. The highest BCUT2D eigenvalue weighted by Gasteiger charge is 2.35. The minimum Gasteiger partial charge on any atom is -0.342 e. The Labute approximate surface area is 205 Å². The lowest BCUT2D eigenvalue weighted by atomic mass is 10.1. The first-order valence-corrected chi connectivity index (χ1v) is 11.1. The van der Waals surface area contributed by atoms with Crippen LogP contribution < -0.4 is 5.32 Å². The summed E-state index contributed by atoms with van der Waals surface area (Å²) in [7, 11) is 0. The molecule has 0 atom stereocenters. The van der Waals surface area contributed by atoms with E-state index in [0.717, 1.165) is 26.9 Å². The molecule has 0 spiro atoms. The number of hydrogen-bond donors (Lipinski definition) is 1. The molecule has 1 saturated heterocycles. The van der Waals surface area contributed by atoms with E-state index in [0.29, 0.717) is 12.1 Å². The molecule has 4 aromatic rings. The van der Waals surface area contributed by atoms with E-state index in [1.54, 1.807) is 24.3 Å². The number of nitro benzene ring substituents is 1. The number of hydrogen-bond acceptors (Lipinski definition) is 5. The minimum atomic E-state index is -0.758. The SMILES string of the molecule is O=C1NC(=O)N(Cc2ccccc2)C(=O)/C1=C/c1cn(Cc2ccc([N+](=O)[O-])cc2)c2ccccc12. The summed E-state index contributed by atoms with van der Waals surface area (Å²) in [4.78, 5) is 49.7. The fourth-order valence-corrected chi connectivity index (χ4v) is 4.20. The predicted octanol–water partition coefficient (Wildman–Crippen LogP) is 4.26. The average Bonchev–Trinajstić information content (AvgIpc) is 3.22. The summed E-state index contributed by atoms with van der Waals surface area (Å²) in [5.74, 6) is -1.42. The molecule has 9 nitrogen and oxygen atoms in total. The van der Waals surface area contributed by atoms with Gasteiger partial charge < -0.3 is 4.57 Å². The van der Waals surface area contributed by atoms with Gasteiger partial charge in [0.25, 0.3) is 17.5 Å². The normalized spacial score (nSPS) is 14.9. The minimum absolute atomic E-state index is 0.0120. The van der Waals surface area contributed by atoms with Crippen LogP contribution in [0.25, 0.3) is 17.0 Å². The first-order valence-electron chi connectivity index (χ1n) is 11.1. The molecular formula is C27H20N4O5. The molecule has 2 heterocycles. The summed E-state index contributed by atoms with van der Waals surface area (Å²) in [6.07, 6.45) is 3.31. The van der Waals surface area contributed by atoms with Gasteiger partial charge in [-0.15, -0.1) is 0 Å². The predicted molar refractivity (Wildman–Crippen MR) is 133 cm³/mol. The van der Waals surface area contributed by atoms with Crippen molar-refractivity contribution < 1.29 is 19.3 Å². The Hall–Kier alpha value is -5.05. The van der Waals surface area contributed by atoms with Crippen LogP contribution >= 0.6 is 0 Å². The first kappa shape index (κ1) is 22.7. The number of nitro groups is 1. The van der Waals surface area contributed by atoms with Crippen LogP contribution in [-0.4, -0.2) is 32.2 Å². The smallest absolute Gasteiger partial charge is 0.331 e. The third-order valence-corrected chi connectivity index (χ3v) is 5.99. The summed E-state index contributed by atoms with van der Waals surface area (Å²) in [5.41, 5.74) is 2.99. The van der Waals surface area contributed by atoms with Gasteiger partial charge >= 0.3 is 6.03 Å². The number of aromatic nitrogens is 1. The molecule has 1 N–H and O–H groups in total. The first-order chi connectivity index (χ1) is 17.4. The van der Waals surface area contributed by atoms with Gasteiger partial charge in [0.15, 0.2) is 0 Å². The van der Waals surface area contributed by atoms with Gasteiger partial charge in [-0.3, -0.25) is 29.9 Å². The number of barbiturate groups is 1. The van der Waals surface area contributed by atoms with Crippen molar-refractivity contribution in [2.45, 2.75) is 13.1 Å². The number of nitrogens with one attached hydrogen (secondary N) is 1. The van der Waals surface area contributed by atoms with E-state index in [4.69, 9.17) is 0 Å². The Morgan fingerprint density at radius 2 is 1.50 bits per heavy atom. The molecule has 36 heavy (non-hydrogen) atoms. The third-order valence-electron chi connectivity index (χ3n) is 5.99. The molecule has 1 fully saturated rings. The zero-order valence-electron chi connectivity index (χ0n) is 19.0. The zero-order chi connectivity index (χ0) is 25.2. The Bertz CT molecular complexity index is 1540. The molecule has 5 rings (SSSR count). The van der Waals surface area contributed by atoms with Crippen molar-refractivity contribution in [3.63, 3.8) is 0 Å². The molecule has 4 amide bonds. The monoisotopic (exact) mass is 480 g/mol. The van der Waals surface area contributed by atoms with E-state index in [1.807, 2.05) is 53.2 Å². The second kappa shape index (κ2) is 9.30. The van der Waals surface area contributed by atoms with E-state index in [9.17, 15) is 24.5 Å². The number of para-hydroxylation sites is 1. The second-order valence-electron chi connectivity index (χ2n) is 8.35. The number of nitrogens with zero attached hydrogens (tertiary/aromatic N) is 3. The molecule has 0 saturated carbocycles. The van der Waals surface area contributed by atoms with E-state index < -0.39 is 22.8 Å². The summed E-state index contributed by atoms with van der Waals surface area (Å²) in [5, 5.41) is 14.0. The fourth-order valence-electron chi connectivity index (χ4n) is 4.20. The van der Waals surface area contributed by atoms with Gasteiger partial charge in [-0.25, -0.2) is 4.79 Å². The number of rotatable bonds is 6. The number of carbonyl (C=O) groups excluding carboxylic acids is 3. The highest BCUT2D eigenvalue weighted by atomic mass is 16.6. The van der Waals surface area contributed by atoms with Crippen LogP contribution in [0.4, 0.5) is 10.5 Å². The summed E-state index contributed by atoms with van der Waals surface area (Å²) in [6.45, 7) is 0.471. The van der Waals surface area contributed by atoms with Crippen molar-refractivity contribution >= 4 is 40.5 Å². The number of fused-ring (bicyclic) bond motifs is 1. The quantitative estimate of drug-likeness (QED) is 0.192. The molecule has 1 aromatic heterocycles. The van der Waals surface area contributed by atoms with E-state index >= 15 is 0 Å². The summed E-state index contributed by atoms with van der Waals surface area (Å²) < 4.78 is 1.95. The van der Waals surface area contributed by atoms with Crippen molar-refractivity contribution in [2.75, 3.05) is 0 Å². The van der Waals surface area contributed by atoms with Gasteiger partial charge in [-0.1, -0.05) is 60.7 Å². The van der Waals surface area contributed by atoms with Gasteiger partial charge in [-0.05, 0) is 23.3 Å². The zero-order valence-corrected chi connectivity index (χ0v) is 19.0. The lowest BCUT2D eigenvalue weighted by Crippen LogP contribution is -2.53. The number of benzene rings is 3. The molecule has 1 aliphatic heterocycles. The van der Waals surface area contributed by atoms with Gasteiger partial charge in [-0.2, -0.15) is 0 Å². The highest BCUT2D eigenvalue weighted by Crippen LogP contribution is 2.26. The van der Waals surface area contributed by atoms with Crippen molar-refractivity contribution in [1.29, 1.82) is 0 Å². The van der Waals surface area contributed by atoms with Crippen molar-refractivity contribution in [3.8, 4) is 0 Å². The summed E-state index contributed by atoms with van der Waals surface area (Å²) >= 11 is 0. The van der Waals surface area contributed by atoms with Crippen LogP contribution in [0.2, 0.25) is 0 Å². The van der Waals surface area contributed by atoms with Crippen molar-refractivity contribution in [1.82, 2.24) is 14.8 Å². The number of non-ortho nitro benzene ring substituents is 1. The number of imide groups is 2. The molecule has 178 valence electrons. The average molecular weight is 480 g/mol. The van der Waals surface area contributed by atoms with Gasteiger partial charge in [0.1, 0.15) is 5.57 Å². The van der Waals surface area contributed by atoms with Gasteiger partial charge in [0, 0.05) is 41.3 Å². The third kappa shape index (κ3) is 4.37. The molecule has 9 heteroatoms. The van der Waals surface area contributed by atoms with Crippen molar-refractivity contribution in [3.05, 3.63) is 117 Å². The number of carbonyl (C=O) groups is 3. The molecule has 0 radical (unpaired) electrons. The van der Waals surface area contributed by atoms with Gasteiger partial charge in [0.2, 0.25) is 0 Å². The van der Waals surface area contributed by atoms with Gasteiger partial charge in [0.05, 0.1) is 11.5 Å². The van der Waals surface area contributed by atoms with Crippen LogP contribution in [-0.2, 0) is 22.7 Å². The molecule has 0 bridgehead atoms. The maximum Gasteiger partial charge on any atom is 0.331 e.